The Balaban J connectivity index is 1.74. The largest absolute Gasteiger partial charge is 0.274 e. The third-order valence-electron chi connectivity index (χ3n) is 5.01. The van der Waals surface area contributed by atoms with Gasteiger partial charge in [0.1, 0.15) is 33.1 Å². The van der Waals surface area contributed by atoms with Gasteiger partial charge in [0.25, 0.3) is 5.70 Å². The standard InChI is InChI=1S/C21ClF8N9/c1-32-16(19-35-14-10(29)6(25)7(26)11(30)15(14)36-19)20-37-18(38-21(22)39-20)3(2-31)17-33-12-8(27)4(23)5(24)9(28)13(12)34-17. The molecule has 3 heterocycles. The number of aromatic nitrogens is 3. The van der Waals surface area contributed by atoms with Gasteiger partial charge in [-0.05, 0) is 11.6 Å². The van der Waals surface area contributed by atoms with Crippen LogP contribution in [0, 0.1) is 64.4 Å². The van der Waals surface area contributed by atoms with E-state index in [1.165, 1.54) is 6.07 Å². The minimum absolute atomic E-state index is 0.708. The molecule has 2 aliphatic heterocycles. The Morgan fingerprint density at radius 1 is 0.615 bits per heavy atom. The normalized spacial score (nSPS) is 12.9. The van der Waals surface area contributed by atoms with Crippen LogP contribution in [0.15, 0.2) is 31.6 Å². The van der Waals surface area contributed by atoms with Crippen LogP contribution in [0.3, 0.4) is 0 Å². The lowest BCUT2D eigenvalue weighted by atomic mass is 10.2. The molecule has 0 bridgehead atoms. The first kappa shape index (κ1) is 25.5. The van der Waals surface area contributed by atoms with Crippen molar-refractivity contribution >= 4 is 22.9 Å². The molecule has 0 N–H and O–H groups in total. The monoisotopic (exact) mass is 565 g/mol. The number of hydrogen-bond acceptors (Lipinski definition) is 8. The summed E-state index contributed by atoms with van der Waals surface area (Å²) in [5, 5.41) is 4.65. The Kier molecular flexibility index (Phi) is 5.88. The van der Waals surface area contributed by atoms with Gasteiger partial charge in [0.05, 0.1) is 6.57 Å². The van der Waals surface area contributed by atoms with Crippen molar-refractivity contribution in [3.05, 3.63) is 108 Å². The van der Waals surface area contributed by atoms with Gasteiger partial charge < -0.3 is 0 Å². The second-order valence-corrected chi connectivity index (χ2v) is 7.54. The van der Waals surface area contributed by atoms with E-state index < -0.39 is 108 Å². The quantitative estimate of drug-likeness (QED) is 0.156. The van der Waals surface area contributed by atoms with E-state index in [9.17, 15) is 40.4 Å². The van der Waals surface area contributed by atoms with Crippen LogP contribution in [-0.2, 0) is 0 Å². The first-order chi connectivity index (χ1) is 18.5. The smallest absolute Gasteiger partial charge is 0.235 e. The van der Waals surface area contributed by atoms with Crippen LogP contribution in [0.5, 0.6) is 0 Å². The molecule has 0 spiro atoms. The van der Waals surface area contributed by atoms with Gasteiger partial charge in [-0.1, -0.05) is 0 Å². The molecule has 39 heavy (non-hydrogen) atoms. The third-order valence-corrected chi connectivity index (χ3v) is 5.18. The Bertz CT molecular complexity index is 1850. The van der Waals surface area contributed by atoms with E-state index in [1.54, 1.807) is 0 Å². The van der Waals surface area contributed by atoms with Crippen molar-refractivity contribution in [3.8, 4) is 6.07 Å². The van der Waals surface area contributed by atoms with E-state index in [0.717, 1.165) is 0 Å². The molecule has 0 atom stereocenters. The summed E-state index contributed by atoms with van der Waals surface area (Å²) in [4.78, 5) is 28.0. The van der Waals surface area contributed by atoms with Gasteiger partial charge in [-0.15, -0.1) is 0 Å². The van der Waals surface area contributed by atoms with Gasteiger partial charge in [-0.3, -0.25) is 0 Å². The Labute approximate surface area is 212 Å². The number of halogens is 9. The van der Waals surface area contributed by atoms with Gasteiger partial charge in [0.2, 0.25) is 5.28 Å². The molecule has 5 rings (SSSR count). The highest BCUT2D eigenvalue weighted by atomic mass is 35.5. The first-order valence-corrected chi connectivity index (χ1v) is 10.1. The number of hydrogen-bond donors (Lipinski definition) is 0. The zero-order valence-electron chi connectivity index (χ0n) is 17.9. The summed E-state index contributed by atoms with van der Waals surface area (Å²) in [5.41, 5.74) is -1.56. The van der Waals surface area contributed by atoms with Gasteiger partial charge >= 0.3 is 0 Å². The maximum Gasteiger partial charge on any atom is 0.274 e. The fourth-order valence-electron chi connectivity index (χ4n) is 3.28. The van der Waals surface area contributed by atoms with Crippen molar-refractivity contribution in [3.63, 3.8) is 0 Å². The number of fused-ring (bicyclic) bond motifs is 2. The zero-order valence-corrected chi connectivity index (χ0v) is 18.7. The van der Waals surface area contributed by atoms with Crippen LogP contribution in [0.25, 0.3) is 16.1 Å². The van der Waals surface area contributed by atoms with Crippen molar-refractivity contribution in [2.24, 2.45) is 20.0 Å². The topological polar surface area (TPSA) is 116 Å². The fraction of sp³-hybridized carbons (Fsp3) is 0. The summed E-state index contributed by atoms with van der Waals surface area (Å²) in [7, 11) is 0. The van der Waals surface area contributed by atoms with Crippen LogP contribution >= 0.6 is 11.6 Å². The van der Waals surface area contributed by atoms with Crippen LogP contribution in [0.1, 0.15) is 11.6 Å². The second-order valence-electron chi connectivity index (χ2n) is 7.20. The van der Waals surface area contributed by atoms with Crippen molar-refractivity contribution in [1.29, 1.82) is 5.26 Å². The average Bonchev–Trinajstić information content (AvgIpc) is 3.55. The number of benzene rings is 2. The highest BCUT2D eigenvalue weighted by Gasteiger charge is 2.28. The fourth-order valence-corrected chi connectivity index (χ4v) is 3.44. The van der Waals surface area contributed by atoms with E-state index in [0.29, 0.717) is 0 Å². The van der Waals surface area contributed by atoms with E-state index >= 15 is 0 Å². The van der Waals surface area contributed by atoms with Gasteiger partial charge in [0, 0.05) is 0 Å². The molecule has 2 aromatic carbocycles. The number of nitriles is 1. The molecule has 0 unspecified atom stereocenters. The summed E-state index contributed by atoms with van der Waals surface area (Å²) in [6.45, 7) is 7.40. The van der Waals surface area contributed by atoms with Crippen LogP contribution in [0.2, 0.25) is 5.28 Å². The Morgan fingerprint density at radius 3 is 1.38 bits per heavy atom. The molecule has 9 nitrogen and oxygen atoms in total. The predicted octanol–water partition coefficient (Wildman–Crippen LogP) is 2.28. The maximum absolute atomic E-state index is 14.1. The van der Waals surface area contributed by atoms with Crippen molar-refractivity contribution in [1.82, 2.24) is 15.0 Å². The number of allylic oxidation sites excluding steroid dienone is 1. The van der Waals surface area contributed by atoms with Gasteiger partial charge in [-0.25, -0.2) is 69.9 Å². The Morgan fingerprint density at radius 2 is 1.00 bits per heavy atom. The summed E-state index contributed by atoms with van der Waals surface area (Å²) in [5.74, 6) is -19.4. The predicted molar refractivity (Wildman–Crippen MR) is 108 cm³/mol. The molecule has 0 saturated carbocycles. The lowest BCUT2D eigenvalue weighted by molar-refractivity contribution is 0.399. The van der Waals surface area contributed by atoms with E-state index in [2.05, 4.69) is 39.8 Å². The molecule has 0 aliphatic carbocycles. The van der Waals surface area contributed by atoms with Crippen molar-refractivity contribution in [2.75, 3.05) is 0 Å². The highest BCUT2D eigenvalue weighted by Crippen LogP contribution is 2.25. The molecule has 0 radical (unpaired) electrons. The summed E-state index contributed by atoms with van der Waals surface area (Å²) >= 11 is 5.85. The first-order valence-electron chi connectivity index (χ1n) is 9.75. The van der Waals surface area contributed by atoms with Crippen molar-refractivity contribution < 1.29 is 35.1 Å². The molecule has 3 aromatic rings. The molecule has 0 saturated heterocycles. The lowest BCUT2D eigenvalue weighted by Gasteiger charge is -2.04. The number of rotatable bonds is 2. The Hall–Kier alpha value is -5.16. The highest BCUT2D eigenvalue weighted by molar-refractivity contribution is 6.28. The van der Waals surface area contributed by atoms with Gasteiger partial charge in [0.15, 0.2) is 69.8 Å². The average molecular weight is 566 g/mol. The molecule has 1 aromatic heterocycles. The molecule has 0 fully saturated rings. The van der Waals surface area contributed by atoms with Crippen molar-refractivity contribution in [2.45, 2.75) is 0 Å². The summed E-state index contributed by atoms with van der Waals surface area (Å²) < 4.78 is 111. The number of nitrogens with zero attached hydrogens (tertiary/aromatic N) is 9. The molecule has 0 amide bonds. The van der Waals surface area contributed by atoms with E-state index in [1.807, 2.05) is 0 Å². The zero-order chi connectivity index (χ0) is 28.3. The minimum atomic E-state index is -2.18. The third kappa shape index (κ3) is 3.79. The molecule has 192 valence electrons. The lowest BCUT2D eigenvalue weighted by Crippen LogP contribution is -2.32. The van der Waals surface area contributed by atoms with Gasteiger partial charge in [-0.2, -0.15) is 10.2 Å². The van der Waals surface area contributed by atoms with Crippen LogP contribution in [-0.4, -0.2) is 15.0 Å². The summed E-state index contributed by atoms with van der Waals surface area (Å²) in [6, 6.07) is 1.51. The van der Waals surface area contributed by atoms with E-state index in [4.69, 9.17) is 18.2 Å². The second kappa shape index (κ2) is 8.99. The molecular weight excluding hydrogens is 566 g/mol. The maximum atomic E-state index is 14.1. The van der Waals surface area contributed by atoms with Crippen LogP contribution < -0.4 is 21.4 Å². The molecular formula is C21ClF8N9. The van der Waals surface area contributed by atoms with E-state index in [-0.39, 0.29) is 0 Å². The summed E-state index contributed by atoms with van der Waals surface area (Å²) in [6.07, 6.45) is 0. The minimum Gasteiger partial charge on any atom is -0.235 e. The molecule has 2 aliphatic rings. The SMILES string of the molecule is [C-]#[N+]C(=C1N=c2c(F)c(F)c(F)c(F)c2=N1)c1nc(Cl)nc(C(C#N)=C2N=c3c(F)c(F)c(F)c(F)c3=N2)n1. The molecule has 18 heteroatoms. The van der Waals surface area contributed by atoms with Crippen LogP contribution in [0.4, 0.5) is 35.1 Å².